The van der Waals surface area contributed by atoms with Gasteiger partial charge >= 0.3 is 0 Å². The van der Waals surface area contributed by atoms with Gasteiger partial charge in [-0.3, -0.25) is 9.89 Å². The number of benzene rings is 1. The fraction of sp³-hybridized carbons (Fsp3) is 0.286. The summed E-state index contributed by atoms with van der Waals surface area (Å²) in [5, 5.41) is 6.40. The Hall–Kier alpha value is -2.41. The number of nitrogens with zero attached hydrogens (tertiary/aromatic N) is 2. The van der Waals surface area contributed by atoms with Crippen LogP contribution in [0, 0.1) is 5.82 Å². The highest BCUT2D eigenvalue weighted by Gasteiger charge is 2.16. The lowest BCUT2D eigenvalue weighted by molar-refractivity contribution is 0.0995. The van der Waals surface area contributed by atoms with Crippen LogP contribution in [0.25, 0.3) is 11.1 Å². The number of carbonyl (C=O) groups excluding carboxylic acids is 1. The van der Waals surface area contributed by atoms with Crippen molar-refractivity contribution in [3.8, 4) is 16.9 Å². The predicted octanol–water partition coefficient (Wildman–Crippen LogP) is 1.26. The van der Waals surface area contributed by atoms with Gasteiger partial charge < -0.3 is 15.4 Å². The first kappa shape index (κ1) is 15.0. The van der Waals surface area contributed by atoms with Gasteiger partial charge in [-0.25, -0.2) is 4.39 Å². The fourth-order valence-electron chi connectivity index (χ4n) is 1.82. The summed E-state index contributed by atoms with van der Waals surface area (Å²) in [5.74, 6) is -1.01. The number of hydrogen-bond acceptors (Lipinski definition) is 4. The van der Waals surface area contributed by atoms with E-state index in [0.717, 1.165) is 6.07 Å². The Morgan fingerprint density at radius 2 is 2.24 bits per heavy atom. The van der Waals surface area contributed by atoms with Crippen LogP contribution >= 0.6 is 0 Å². The summed E-state index contributed by atoms with van der Waals surface area (Å²) in [5.41, 5.74) is 6.17. The lowest BCUT2D eigenvalue weighted by Gasteiger charge is -2.14. The summed E-state index contributed by atoms with van der Waals surface area (Å²) in [4.78, 5) is 13.4. The molecule has 0 spiro atoms. The molecule has 0 bridgehead atoms. The third-order valence-corrected chi connectivity index (χ3v) is 2.94. The average molecular weight is 292 g/mol. The Bertz CT molecular complexity index is 626. The standard InChI is InChI=1S/C14H17FN4O2/c1-19(2)3-4-21-13-6-10(9-7-17-18-8-9)12(15)5-11(13)14(16)20/h5-8H,3-4H2,1-2H3,(H2,16,20)(H,17,18). The first-order valence-corrected chi connectivity index (χ1v) is 6.39. The maximum Gasteiger partial charge on any atom is 0.252 e. The maximum atomic E-state index is 14.1. The van der Waals surface area contributed by atoms with E-state index < -0.39 is 11.7 Å². The number of H-pyrrole nitrogens is 1. The Morgan fingerprint density at radius 3 is 2.81 bits per heavy atom. The van der Waals surface area contributed by atoms with E-state index in [9.17, 15) is 9.18 Å². The highest BCUT2D eigenvalue weighted by atomic mass is 19.1. The molecule has 1 heterocycles. The smallest absolute Gasteiger partial charge is 0.252 e. The van der Waals surface area contributed by atoms with Gasteiger partial charge in [0.05, 0.1) is 11.8 Å². The molecule has 2 rings (SSSR count). The van der Waals surface area contributed by atoms with Crippen LogP contribution in [-0.4, -0.2) is 48.3 Å². The maximum absolute atomic E-state index is 14.1. The third kappa shape index (κ3) is 3.57. The van der Waals surface area contributed by atoms with E-state index in [4.69, 9.17) is 10.5 Å². The number of aromatic amines is 1. The van der Waals surface area contributed by atoms with Crippen LogP contribution in [0.4, 0.5) is 4.39 Å². The Kier molecular flexibility index (Phi) is 4.54. The van der Waals surface area contributed by atoms with Crippen molar-refractivity contribution in [3.63, 3.8) is 0 Å². The van der Waals surface area contributed by atoms with Gasteiger partial charge in [0.15, 0.2) is 0 Å². The van der Waals surface area contributed by atoms with Crippen LogP contribution in [-0.2, 0) is 0 Å². The summed E-state index contributed by atoms with van der Waals surface area (Å²) < 4.78 is 19.7. The number of aromatic nitrogens is 2. The lowest BCUT2D eigenvalue weighted by Crippen LogP contribution is -2.21. The van der Waals surface area contributed by atoms with E-state index >= 15 is 0 Å². The molecule has 0 unspecified atom stereocenters. The van der Waals surface area contributed by atoms with Crippen molar-refractivity contribution in [2.24, 2.45) is 5.73 Å². The first-order chi connectivity index (χ1) is 9.99. The van der Waals surface area contributed by atoms with Gasteiger partial charge in [-0.05, 0) is 26.2 Å². The highest BCUT2D eigenvalue weighted by molar-refractivity contribution is 5.96. The molecule has 112 valence electrons. The molecule has 0 aliphatic rings. The quantitative estimate of drug-likeness (QED) is 0.839. The number of nitrogens with one attached hydrogen (secondary N) is 1. The van der Waals surface area contributed by atoms with Crippen molar-refractivity contribution >= 4 is 5.91 Å². The summed E-state index contributed by atoms with van der Waals surface area (Å²) in [6, 6.07) is 2.56. The minimum Gasteiger partial charge on any atom is -0.491 e. The molecule has 7 heteroatoms. The summed E-state index contributed by atoms with van der Waals surface area (Å²) in [7, 11) is 3.81. The molecule has 2 aromatic rings. The summed E-state index contributed by atoms with van der Waals surface area (Å²) >= 11 is 0. The van der Waals surface area contributed by atoms with Crippen LogP contribution in [0.1, 0.15) is 10.4 Å². The van der Waals surface area contributed by atoms with E-state index in [1.54, 1.807) is 6.20 Å². The van der Waals surface area contributed by atoms with Gasteiger partial charge in [0.25, 0.3) is 5.91 Å². The van der Waals surface area contributed by atoms with Crippen LogP contribution in [0.15, 0.2) is 24.5 Å². The number of amides is 1. The number of nitrogens with two attached hydrogens (primary N) is 1. The van der Waals surface area contributed by atoms with Gasteiger partial charge in [-0.1, -0.05) is 0 Å². The van der Waals surface area contributed by atoms with E-state index in [0.29, 0.717) is 24.3 Å². The van der Waals surface area contributed by atoms with Gasteiger partial charge in [-0.15, -0.1) is 0 Å². The molecular formula is C14H17FN4O2. The Balaban J connectivity index is 2.35. The molecule has 0 saturated heterocycles. The SMILES string of the molecule is CN(C)CCOc1cc(-c2cn[nH]c2)c(F)cc1C(N)=O. The largest absolute Gasteiger partial charge is 0.491 e. The van der Waals surface area contributed by atoms with Crippen molar-refractivity contribution in [2.75, 3.05) is 27.2 Å². The number of primary amides is 1. The molecule has 0 fully saturated rings. The van der Waals surface area contributed by atoms with Crippen LogP contribution in [0.3, 0.4) is 0 Å². The van der Waals surface area contributed by atoms with Gasteiger partial charge in [0.2, 0.25) is 0 Å². The fourth-order valence-corrected chi connectivity index (χ4v) is 1.82. The Labute approximate surface area is 121 Å². The van der Waals surface area contributed by atoms with E-state index in [1.165, 1.54) is 12.3 Å². The Morgan fingerprint density at radius 1 is 1.48 bits per heavy atom. The summed E-state index contributed by atoms with van der Waals surface area (Å²) in [6.07, 6.45) is 3.05. The normalized spacial score (nSPS) is 10.9. The second-order valence-corrected chi connectivity index (χ2v) is 4.83. The van der Waals surface area contributed by atoms with Gasteiger partial charge in [0, 0.05) is 23.9 Å². The van der Waals surface area contributed by atoms with Crippen molar-refractivity contribution in [2.45, 2.75) is 0 Å². The molecule has 0 aliphatic heterocycles. The number of halogens is 1. The second kappa shape index (κ2) is 6.36. The molecule has 21 heavy (non-hydrogen) atoms. The molecular weight excluding hydrogens is 275 g/mol. The number of hydrogen-bond donors (Lipinski definition) is 2. The van der Waals surface area contributed by atoms with Crippen LogP contribution in [0.5, 0.6) is 5.75 Å². The zero-order valence-electron chi connectivity index (χ0n) is 11.9. The summed E-state index contributed by atoms with van der Waals surface area (Å²) in [6.45, 7) is 1.03. The number of carbonyl (C=O) groups is 1. The predicted molar refractivity (Wildman–Crippen MR) is 76.5 cm³/mol. The lowest BCUT2D eigenvalue weighted by atomic mass is 10.0. The molecule has 0 aliphatic carbocycles. The van der Waals surface area contributed by atoms with Crippen LogP contribution in [0.2, 0.25) is 0 Å². The zero-order valence-corrected chi connectivity index (χ0v) is 11.9. The highest BCUT2D eigenvalue weighted by Crippen LogP contribution is 2.29. The first-order valence-electron chi connectivity index (χ1n) is 6.39. The minimum absolute atomic E-state index is 0.0264. The monoisotopic (exact) mass is 292 g/mol. The second-order valence-electron chi connectivity index (χ2n) is 4.83. The van der Waals surface area contributed by atoms with E-state index in [2.05, 4.69) is 10.2 Å². The van der Waals surface area contributed by atoms with Gasteiger partial charge in [-0.2, -0.15) is 5.10 Å². The number of rotatable bonds is 6. The topological polar surface area (TPSA) is 84.2 Å². The van der Waals surface area contributed by atoms with Crippen molar-refractivity contribution in [1.82, 2.24) is 15.1 Å². The molecule has 6 nitrogen and oxygen atoms in total. The van der Waals surface area contributed by atoms with Gasteiger partial charge in [0.1, 0.15) is 18.2 Å². The van der Waals surface area contributed by atoms with Crippen molar-refractivity contribution in [3.05, 3.63) is 35.9 Å². The zero-order chi connectivity index (χ0) is 15.4. The molecule has 1 aromatic heterocycles. The van der Waals surface area contributed by atoms with E-state index in [1.807, 2.05) is 19.0 Å². The third-order valence-electron chi connectivity index (χ3n) is 2.94. The van der Waals surface area contributed by atoms with Crippen LogP contribution < -0.4 is 10.5 Å². The molecule has 0 saturated carbocycles. The average Bonchev–Trinajstić information content (AvgIpc) is 2.93. The number of ether oxygens (including phenoxy) is 1. The molecule has 0 radical (unpaired) electrons. The minimum atomic E-state index is -0.729. The molecule has 0 atom stereocenters. The molecule has 1 amide bonds. The number of likely N-dealkylation sites (N-methyl/N-ethyl adjacent to an activating group) is 1. The van der Waals surface area contributed by atoms with Crippen molar-refractivity contribution < 1.29 is 13.9 Å². The molecule has 1 aromatic carbocycles. The molecule has 3 N–H and O–H groups in total. The van der Waals surface area contributed by atoms with Crippen molar-refractivity contribution in [1.29, 1.82) is 0 Å². The van der Waals surface area contributed by atoms with E-state index in [-0.39, 0.29) is 11.3 Å².